The molecule has 4 aromatic rings. The third kappa shape index (κ3) is 3.38. The van der Waals surface area contributed by atoms with Crippen molar-refractivity contribution in [1.82, 2.24) is 14.4 Å². The van der Waals surface area contributed by atoms with Crippen molar-refractivity contribution in [2.75, 3.05) is 0 Å². The number of imidazole rings is 1. The molecule has 2 heterocycles. The number of aromatic nitrogens is 3. The van der Waals surface area contributed by atoms with Crippen molar-refractivity contribution in [3.05, 3.63) is 53.3 Å². The van der Waals surface area contributed by atoms with Crippen LogP contribution in [0.25, 0.3) is 27.6 Å². The highest BCUT2D eigenvalue weighted by atomic mass is 15.1. The Hall–Kier alpha value is -2.42. The fourth-order valence-electron chi connectivity index (χ4n) is 4.47. The topological polar surface area (TPSA) is 30.2 Å². The van der Waals surface area contributed by atoms with Crippen LogP contribution >= 0.6 is 0 Å². The summed E-state index contributed by atoms with van der Waals surface area (Å²) in [6.45, 7) is 18.2. The molecular formula is C27H35N3. The van der Waals surface area contributed by atoms with Gasteiger partial charge in [0.1, 0.15) is 11.5 Å². The summed E-state index contributed by atoms with van der Waals surface area (Å²) in [6, 6.07) is 13.2. The third-order valence-corrected chi connectivity index (χ3v) is 6.16. The van der Waals surface area contributed by atoms with Crippen LogP contribution in [-0.2, 0) is 10.8 Å². The molecule has 3 nitrogen and oxygen atoms in total. The molecule has 0 radical (unpaired) electrons. The summed E-state index contributed by atoms with van der Waals surface area (Å²) in [7, 11) is 0. The Labute approximate surface area is 180 Å². The summed E-state index contributed by atoms with van der Waals surface area (Å²) in [5.41, 5.74) is 7.01. The number of hydrogen-bond acceptors (Lipinski definition) is 2. The molecule has 0 aliphatic heterocycles. The van der Waals surface area contributed by atoms with Crippen LogP contribution < -0.4 is 0 Å². The summed E-state index contributed by atoms with van der Waals surface area (Å²) in [4.78, 5) is 10.4. The molecule has 4 rings (SSSR count). The van der Waals surface area contributed by atoms with E-state index in [0.717, 1.165) is 34.4 Å². The average molecular weight is 402 g/mol. The maximum atomic E-state index is 5.30. The van der Waals surface area contributed by atoms with Crippen LogP contribution in [0.4, 0.5) is 0 Å². The highest BCUT2D eigenvalue weighted by molar-refractivity contribution is 5.99. The summed E-state index contributed by atoms with van der Waals surface area (Å²) in [5.74, 6) is 1.53. The molecule has 0 saturated heterocycles. The van der Waals surface area contributed by atoms with E-state index in [1.807, 2.05) is 0 Å². The summed E-state index contributed by atoms with van der Waals surface area (Å²) >= 11 is 0. The molecule has 3 heteroatoms. The van der Waals surface area contributed by atoms with E-state index in [-0.39, 0.29) is 10.8 Å². The van der Waals surface area contributed by atoms with Gasteiger partial charge >= 0.3 is 0 Å². The Morgan fingerprint density at radius 1 is 0.900 bits per heavy atom. The lowest BCUT2D eigenvalue weighted by molar-refractivity contribution is 0.542. The largest absolute Gasteiger partial charge is 0.279 e. The van der Waals surface area contributed by atoms with E-state index >= 15 is 0 Å². The molecular weight excluding hydrogens is 366 g/mol. The Kier molecular flexibility index (Phi) is 4.91. The summed E-state index contributed by atoms with van der Waals surface area (Å²) in [5, 5.41) is 1.22. The van der Waals surface area contributed by atoms with Crippen LogP contribution in [-0.4, -0.2) is 14.4 Å². The van der Waals surface area contributed by atoms with Gasteiger partial charge in [0.15, 0.2) is 0 Å². The van der Waals surface area contributed by atoms with E-state index in [0.29, 0.717) is 5.92 Å². The molecule has 0 N–H and O–H groups in total. The first-order valence-electron chi connectivity index (χ1n) is 11.3. The van der Waals surface area contributed by atoms with E-state index < -0.39 is 0 Å². The van der Waals surface area contributed by atoms with E-state index in [1.54, 1.807) is 0 Å². The fraction of sp³-hybridized carbons (Fsp3) is 0.481. The lowest BCUT2D eigenvalue weighted by atomic mass is 9.82. The van der Waals surface area contributed by atoms with Crippen LogP contribution in [0.3, 0.4) is 0 Å². The van der Waals surface area contributed by atoms with Gasteiger partial charge < -0.3 is 0 Å². The van der Waals surface area contributed by atoms with Gasteiger partial charge in [0.2, 0.25) is 0 Å². The standard InChI is InChI=1S/C27H35N3/c1-9-12-17(2)19-15-18(26(3,4)5)16-21-23(19)24-28-20-13-10-11-14-22(20)30(24)25(29-21)27(6,7)8/h10-11,13-17H,9,12H2,1-8H3. The van der Waals surface area contributed by atoms with E-state index in [1.165, 1.54) is 22.9 Å². The lowest BCUT2D eigenvalue weighted by Gasteiger charge is -2.25. The van der Waals surface area contributed by atoms with Crippen molar-refractivity contribution in [3.8, 4) is 0 Å². The minimum Gasteiger partial charge on any atom is -0.279 e. The number of rotatable bonds is 3. The number of benzene rings is 2. The Bertz CT molecular complexity index is 1230. The molecule has 158 valence electrons. The first kappa shape index (κ1) is 20.8. The molecule has 0 bridgehead atoms. The Morgan fingerprint density at radius 3 is 2.23 bits per heavy atom. The van der Waals surface area contributed by atoms with E-state index in [9.17, 15) is 0 Å². The van der Waals surface area contributed by atoms with Crippen LogP contribution in [0, 0.1) is 0 Å². The molecule has 0 fully saturated rings. The minimum absolute atomic E-state index is 0.0741. The molecule has 1 atom stereocenters. The smallest absolute Gasteiger partial charge is 0.149 e. The predicted octanol–water partition coefficient (Wildman–Crippen LogP) is 7.53. The first-order valence-corrected chi connectivity index (χ1v) is 11.3. The quantitative estimate of drug-likeness (QED) is 0.355. The SMILES string of the molecule is CCCC(C)c1cc(C(C)(C)C)cc2nc(C(C)(C)C)n3c4ccccc4nc3c12. The molecule has 2 aromatic heterocycles. The van der Waals surface area contributed by atoms with Crippen LogP contribution in [0.2, 0.25) is 0 Å². The molecule has 0 amide bonds. The van der Waals surface area contributed by atoms with Gasteiger partial charge in [-0.2, -0.15) is 0 Å². The van der Waals surface area contributed by atoms with Crippen molar-refractivity contribution < 1.29 is 0 Å². The van der Waals surface area contributed by atoms with Crippen molar-refractivity contribution >= 4 is 27.6 Å². The lowest BCUT2D eigenvalue weighted by Crippen LogP contribution is -2.20. The van der Waals surface area contributed by atoms with Gasteiger partial charge in [-0.3, -0.25) is 4.40 Å². The third-order valence-electron chi connectivity index (χ3n) is 6.16. The second-order valence-electron chi connectivity index (χ2n) is 10.8. The average Bonchev–Trinajstić information content (AvgIpc) is 3.04. The minimum atomic E-state index is -0.0944. The van der Waals surface area contributed by atoms with Gasteiger partial charge in [-0.25, -0.2) is 9.97 Å². The molecule has 0 spiro atoms. The van der Waals surface area contributed by atoms with Gasteiger partial charge in [-0.1, -0.05) is 80.0 Å². The van der Waals surface area contributed by atoms with Crippen LogP contribution in [0.5, 0.6) is 0 Å². The molecule has 0 aliphatic rings. The zero-order valence-electron chi connectivity index (χ0n) is 19.8. The monoisotopic (exact) mass is 401 g/mol. The zero-order valence-corrected chi connectivity index (χ0v) is 19.8. The second-order valence-corrected chi connectivity index (χ2v) is 10.8. The van der Waals surface area contributed by atoms with Crippen molar-refractivity contribution in [1.29, 1.82) is 0 Å². The van der Waals surface area contributed by atoms with Crippen LogP contribution in [0.15, 0.2) is 36.4 Å². The van der Waals surface area contributed by atoms with Crippen molar-refractivity contribution in [3.63, 3.8) is 0 Å². The van der Waals surface area contributed by atoms with Crippen molar-refractivity contribution in [2.45, 2.75) is 85.0 Å². The van der Waals surface area contributed by atoms with Gasteiger partial charge in [0.25, 0.3) is 0 Å². The predicted molar refractivity (Wildman–Crippen MR) is 129 cm³/mol. The van der Waals surface area contributed by atoms with Gasteiger partial charge in [-0.15, -0.1) is 0 Å². The summed E-state index contributed by atoms with van der Waals surface area (Å²) < 4.78 is 2.30. The van der Waals surface area contributed by atoms with Crippen molar-refractivity contribution in [2.24, 2.45) is 0 Å². The van der Waals surface area contributed by atoms with Crippen LogP contribution in [0.1, 0.15) is 91.1 Å². The molecule has 0 aliphatic carbocycles. The molecule has 2 aromatic carbocycles. The maximum Gasteiger partial charge on any atom is 0.149 e. The van der Waals surface area contributed by atoms with Gasteiger partial charge in [-0.05, 0) is 47.1 Å². The zero-order chi connectivity index (χ0) is 21.8. The second kappa shape index (κ2) is 7.08. The normalized spacial score (nSPS) is 14.1. The summed E-state index contributed by atoms with van der Waals surface area (Å²) in [6.07, 6.45) is 2.33. The van der Waals surface area contributed by atoms with E-state index in [2.05, 4.69) is 96.2 Å². The highest BCUT2D eigenvalue weighted by Crippen LogP contribution is 2.38. The Morgan fingerprint density at radius 2 is 1.60 bits per heavy atom. The van der Waals surface area contributed by atoms with Gasteiger partial charge in [0.05, 0.1) is 16.6 Å². The Balaban J connectivity index is 2.24. The number of hydrogen-bond donors (Lipinski definition) is 0. The molecule has 1 unspecified atom stereocenters. The van der Waals surface area contributed by atoms with Gasteiger partial charge in [0, 0.05) is 10.8 Å². The number of fused-ring (bicyclic) bond motifs is 5. The molecule has 30 heavy (non-hydrogen) atoms. The number of nitrogens with zero attached hydrogens (tertiary/aromatic N) is 3. The highest BCUT2D eigenvalue weighted by Gasteiger charge is 2.26. The first-order chi connectivity index (χ1) is 14.0. The molecule has 0 saturated carbocycles. The van der Waals surface area contributed by atoms with E-state index in [4.69, 9.17) is 9.97 Å². The fourth-order valence-corrected chi connectivity index (χ4v) is 4.47. The maximum absolute atomic E-state index is 5.30. The number of para-hydroxylation sites is 2.